The van der Waals surface area contributed by atoms with E-state index < -0.39 is 0 Å². The number of benzene rings is 1. The minimum Gasteiger partial charge on any atom is -0.399 e. The summed E-state index contributed by atoms with van der Waals surface area (Å²) in [6.45, 7) is 4.18. The van der Waals surface area contributed by atoms with Gasteiger partial charge in [0, 0.05) is 29.8 Å². The third-order valence-corrected chi connectivity index (χ3v) is 6.08. The summed E-state index contributed by atoms with van der Waals surface area (Å²) in [7, 11) is 0. The number of nitrogen functional groups attached to an aromatic ring is 1. The van der Waals surface area contributed by atoms with Crippen LogP contribution in [-0.2, 0) is 0 Å². The Bertz CT molecular complexity index is 1090. The molecule has 3 aromatic rings. The van der Waals surface area contributed by atoms with Crippen molar-refractivity contribution in [2.75, 3.05) is 11.1 Å². The average Bonchev–Trinajstić information content (AvgIpc) is 2.75. The minimum atomic E-state index is -0.243. The summed E-state index contributed by atoms with van der Waals surface area (Å²) in [6, 6.07) is 7.51. The van der Waals surface area contributed by atoms with Gasteiger partial charge in [0.25, 0.3) is 5.56 Å². The molecule has 30 heavy (non-hydrogen) atoms. The number of aliphatic hydroxyl groups is 1. The fourth-order valence-corrected chi connectivity index (χ4v) is 4.05. The van der Waals surface area contributed by atoms with Crippen molar-refractivity contribution in [3.63, 3.8) is 0 Å². The molecule has 2 heterocycles. The lowest BCUT2D eigenvalue weighted by atomic mass is 9.82. The van der Waals surface area contributed by atoms with Crippen LogP contribution in [0.15, 0.2) is 41.5 Å². The maximum Gasteiger partial charge on any atom is 0.266 e. The SMILES string of the molecule is CC[C@H](C)Nc1ncc2c(=O)n(-c3ccc(N)cc3)cc([C@H]3CC[C@H](O)CC3)c2n1. The molecule has 158 valence electrons. The van der Waals surface area contributed by atoms with Crippen molar-refractivity contribution < 1.29 is 5.11 Å². The molecular weight excluding hydrogens is 378 g/mol. The number of pyridine rings is 1. The molecule has 1 aromatic carbocycles. The zero-order valence-electron chi connectivity index (χ0n) is 17.5. The highest BCUT2D eigenvalue weighted by molar-refractivity contribution is 5.82. The Labute approximate surface area is 176 Å². The Morgan fingerprint density at radius 3 is 2.60 bits per heavy atom. The molecule has 0 unspecified atom stereocenters. The van der Waals surface area contributed by atoms with Crippen molar-refractivity contribution >= 4 is 22.5 Å². The van der Waals surface area contributed by atoms with Crippen LogP contribution in [0.25, 0.3) is 16.6 Å². The predicted octanol–water partition coefficient (Wildman–Crippen LogP) is 3.59. The molecule has 1 fully saturated rings. The van der Waals surface area contributed by atoms with E-state index >= 15 is 0 Å². The predicted molar refractivity (Wildman–Crippen MR) is 120 cm³/mol. The first kappa shape index (κ1) is 20.3. The van der Waals surface area contributed by atoms with Gasteiger partial charge in [-0.3, -0.25) is 9.36 Å². The second-order valence-electron chi connectivity index (χ2n) is 8.27. The molecule has 0 bridgehead atoms. The summed E-state index contributed by atoms with van der Waals surface area (Å²) >= 11 is 0. The van der Waals surface area contributed by atoms with Crippen LogP contribution >= 0.6 is 0 Å². The molecular formula is C23H29N5O2. The smallest absolute Gasteiger partial charge is 0.266 e. The quantitative estimate of drug-likeness (QED) is 0.558. The van der Waals surface area contributed by atoms with Gasteiger partial charge in [0.2, 0.25) is 5.95 Å². The molecule has 4 N–H and O–H groups in total. The number of aromatic nitrogens is 3. The summed E-state index contributed by atoms with van der Waals surface area (Å²) < 4.78 is 1.66. The number of anilines is 2. The molecule has 4 rings (SSSR count). The van der Waals surface area contributed by atoms with Crippen molar-refractivity contribution in [1.29, 1.82) is 0 Å². The van der Waals surface area contributed by atoms with Crippen molar-refractivity contribution in [3.05, 3.63) is 52.6 Å². The van der Waals surface area contributed by atoms with Gasteiger partial charge in [-0.1, -0.05) is 6.92 Å². The first-order chi connectivity index (χ1) is 14.5. The molecule has 0 amide bonds. The van der Waals surface area contributed by atoms with Crippen LogP contribution in [0.3, 0.4) is 0 Å². The number of hydrogen-bond acceptors (Lipinski definition) is 6. The van der Waals surface area contributed by atoms with E-state index in [2.05, 4.69) is 24.1 Å². The van der Waals surface area contributed by atoms with Crippen molar-refractivity contribution in [2.24, 2.45) is 0 Å². The second kappa shape index (κ2) is 8.44. The molecule has 1 aliphatic rings. The molecule has 7 heteroatoms. The van der Waals surface area contributed by atoms with Crippen LogP contribution in [0.5, 0.6) is 0 Å². The van der Waals surface area contributed by atoms with Crippen molar-refractivity contribution in [3.8, 4) is 5.69 Å². The Kier molecular flexibility index (Phi) is 5.72. The summed E-state index contributed by atoms with van der Waals surface area (Å²) in [5.74, 6) is 0.779. The van der Waals surface area contributed by atoms with Gasteiger partial charge in [0.15, 0.2) is 0 Å². The van der Waals surface area contributed by atoms with Gasteiger partial charge in [-0.05, 0) is 74.8 Å². The van der Waals surface area contributed by atoms with E-state index in [4.69, 9.17) is 10.7 Å². The summed E-state index contributed by atoms with van der Waals surface area (Å²) in [4.78, 5) is 22.4. The molecule has 2 aromatic heterocycles. The maximum atomic E-state index is 13.3. The lowest BCUT2D eigenvalue weighted by molar-refractivity contribution is 0.122. The zero-order chi connectivity index (χ0) is 21.3. The fourth-order valence-electron chi connectivity index (χ4n) is 4.05. The molecule has 0 spiro atoms. The summed E-state index contributed by atoms with van der Waals surface area (Å²) in [6.07, 6.45) is 7.51. The van der Waals surface area contributed by atoms with Crippen molar-refractivity contribution in [1.82, 2.24) is 14.5 Å². The third kappa shape index (κ3) is 4.03. The Morgan fingerprint density at radius 2 is 1.93 bits per heavy atom. The number of hydrogen-bond donors (Lipinski definition) is 3. The lowest BCUT2D eigenvalue weighted by Crippen LogP contribution is -2.24. The van der Waals surface area contributed by atoms with Crippen LogP contribution in [-0.4, -0.2) is 31.8 Å². The van der Waals surface area contributed by atoms with Gasteiger partial charge in [0.05, 0.1) is 17.0 Å². The van der Waals surface area contributed by atoms with Crippen LogP contribution in [0.4, 0.5) is 11.6 Å². The zero-order valence-corrected chi connectivity index (χ0v) is 17.5. The minimum absolute atomic E-state index is 0.149. The largest absolute Gasteiger partial charge is 0.399 e. The van der Waals surface area contributed by atoms with Gasteiger partial charge in [-0.15, -0.1) is 0 Å². The van der Waals surface area contributed by atoms with E-state index in [9.17, 15) is 9.90 Å². The van der Waals surface area contributed by atoms with E-state index in [1.54, 1.807) is 22.9 Å². The van der Waals surface area contributed by atoms with Crippen molar-refractivity contribution in [2.45, 2.75) is 64.0 Å². The molecule has 1 atom stereocenters. The number of nitrogens with two attached hydrogens (primary N) is 1. The highest BCUT2D eigenvalue weighted by Gasteiger charge is 2.25. The van der Waals surface area contributed by atoms with E-state index in [1.165, 1.54) is 0 Å². The number of nitrogens with one attached hydrogen (secondary N) is 1. The highest BCUT2D eigenvalue weighted by atomic mass is 16.3. The highest BCUT2D eigenvalue weighted by Crippen LogP contribution is 2.35. The molecule has 0 saturated heterocycles. The van der Waals surface area contributed by atoms with Crippen LogP contribution in [0.1, 0.15) is 57.4 Å². The summed E-state index contributed by atoms with van der Waals surface area (Å²) in [5, 5.41) is 13.8. The molecule has 0 aliphatic heterocycles. The van der Waals surface area contributed by atoms with E-state index in [1.807, 2.05) is 18.3 Å². The molecule has 1 aliphatic carbocycles. The summed E-state index contributed by atoms with van der Waals surface area (Å²) in [5.41, 5.74) is 8.82. The number of fused-ring (bicyclic) bond motifs is 1. The van der Waals surface area contributed by atoms with Crippen LogP contribution in [0, 0.1) is 0 Å². The standard InChI is InChI=1S/C23H29N5O2/c1-3-14(2)26-23-25-12-19-21(27-23)20(15-4-10-18(29)11-5-15)13-28(22(19)30)17-8-6-16(24)7-9-17/h6-9,12-15,18,29H,3-5,10-11,24H2,1-2H3,(H,25,26,27)/t14-,15-,18-/m0/s1. The first-order valence-electron chi connectivity index (χ1n) is 10.7. The number of aliphatic hydroxyl groups excluding tert-OH is 1. The Balaban J connectivity index is 1.88. The van der Waals surface area contributed by atoms with Gasteiger partial charge in [-0.25, -0.2) is 9.97 Å². The molecule has 0 radical (unpaired) electrons. The molecule has 7 nitrogen and oxygen atoms in total. The second-order valence-corrected chi connectivity index (χ2v) is 8.27. The Hall–Kier alpha value is -2.93. The van der Waals surface area contributed by atoms with Gasteiger partial charge < -0.3 is 16.2 Å². The first-order valence-corrected chi connectivity index (χ1v) is 10.7. The third-order valence-electron chi connectivity index (χ3n) is 6.08. The van der Waals surface area contributed by atoms with Gasteiger partial charge in [0.1, 0.15) is 0 Å². The normalized spacial score (nSPS) is 20.2. The van der Waals surface area contributed by atoms with Crippen LogP contribution < -0.4 is 16.6 Å². The van der Waals surface area contributed by atoms with Crippen LogP contribution in [0.2, 0.25) is 0 Å². The average molecular weight is 408 g/mol. The van der Waals surface area contributed by atoms with E-state index in [0.717, 1.165) is 43.4 Å². The van der Waals surface area contributed by atoms with E-state index in [0.29, 0.717) is 22.5 Å². The monoisotopic (exact) mass is 407 g/mol. The lowest BCUT2D eigenvalue weighted by Gasteiger charge is -2.27. The fraction of sp³-hybridized carbons (Fsp3) is 0.435. The number of rotatable bonds is 5. The van der Waals surface area contributed by atoms with E-state index in [-0.39, 0.29) is 23.6 Å². The molecule has 1 saturated carbocycles. The topological polar surface area (TPSA) is 106 Å². The Morgan fingerprint density at radius 1 is 1.23 bits per heavy atom. The van der Waals surface area contributed by atoms with Gasteiger partial charge in [-0.2, -0.15) is 0 Å². The maximum absolute atomic E-state index is 13.3. The number of nitrogens with zero attached hydrogens (tertiary/aromatic N) is 3. The van der Waals surface area contributed by atoms with Gasteiger partial charge >= 0.3 is 0 Å².